The predicted octanol–water partition coefficient (Wildman–Crippen LogP) is 3.44. The van der Waals surface area contributed by atoms with Gasteiger partial charge in [-0.1, -0.05) is 12.1 Å². The first-order chi connectivity index (χ1) is 13.3. The van der Waals surface area contributed by atoms with E-state index in [0.29, 0.717) is 11.3 Å². The topological polar surface area (TPSA) is 73.2 Å². The molecule has 28 heavy (non-hydrogen) atoms. The van der Waals surface area contributed by atoms with Crippen LogP contribution in [0.25, 0.3) is 0 Å². The van der Waals surface area contributed by atoms with Crippen LogP contribution in [-0.4, -0.2) is 21.8 Å². The van der Waals surface area contributed by atoms with E-state index < -0.39 is 17.8 Å². The summed E-state index contributed by atoms with van der Waals surface area (Å²) >= 11 is 0. The summed E-state index contributed by atoms with van der Waals surface area (Å²) in [6.07, 6.45) is -0.368. The molecule has 1 aromatic carbocycles. The number of alkyl halides is 3. The second-order valence-corrected chi connectivity index (χ2v) is 5.74. The number of halogens is 3. The summed E-state index contributed by atoms with van der Waals surface area (Å²) in [6, 6.07) is 11.3. The summed E-state index contributed by atoms with van der Waals surface area (Å²) in [5.74, 6) is -0.982. The highest BCUT2D eigenvalue weighted by Crippen LogP contribution is 2.23. The van der Waals surface area contributed by atoms with E-state index in [-0.39, 0.29) is 17.9 Å². The lowest BCUT2D eigenvalue weighted by molar-refractivity contribution is -0.274. The minimum atomic E-state index is -4.81. The lowest BCUT2D eigenvalue weighted by Crippen LogP contribution is -2.29. The van der Waals surface area contributed by atoms with E-state index in [9.17, 15) is 22.8 Å². The van der Waals surface area contributed by atoms with Gasteiger partial charge in [-0.05, 0) is 42.0 Å². The Labute approximate surface area is 157 Å². The minimum absolute atomic E-state index is 0.0235. The SMILES string of the molecule is O=C(Nc1ccncc1)c1cccn(Cc2cccc(OC(F)(F)F)c2)c1=O. The van der Waals surface area contributed by atoms with Crippen molar-refractivity contribution in [2.45, 2.75) is 12.9 Å². The molecule has 3 aromatic rings. The van der Waals surface area contributed by atoms with Crippen LogP contribution in [-0.2, 0) is 6.54 Å². The molecule has 0 atom stereocenters. The number of hydrogen-bond acceptors (Lipinski definition) is 4. The van der Waals surface area contributed by atoms with Gasteiger partial charge < -0.3 is 14.6 Å². The summed E-state index contributed by atoms with van der Waals surface area (Å²) < 4.78 is 42.2. The van der Waals surface area contributed by atoms with E-state index in [1.165, 1.54) is 53.5 Å². The van der Waals surface area contributed by atoms with Crippen molar-refractivity contribution in [3.05, 3.63) is 88.6 Å². The fourth-order valence-corrected chi connectivity index (χ4v) is 2.51. The first-order valence-electron chi connectivity index (χ1n) is 8.07. The van der Waals surface area contributed by atoms with E-state index >= 15 is 0 Å². The van der Waals surface area contributed by atoms with Gasteiger partial charge in [0.25, 0.3) is 11.5 Å². The van der Waals surface area contributed by atoms with E-state index in [4.69, 9.17) is 0 Å². The highest BCUT2D eigenvalue weighted by Gasteiger charge is 2.31. The fraction of sp³-hybridized carbons (Fsp3) is 0.105. The molecular weight excluding hydrogens is 375 g/mol. The highest BCUT2D eigenvalue weighted by molar-refractivity contribution is 6.03. The number of amides is 1. The molecule has 0 unspecified atom stereocenters. The zero-order valence-corrected chi connectivity index (χ0v) is 14.3. The standard InChI is InChI=1S/C19H14F3N3O3/c20-19(21,22)28-15-4-1-3-13(11-15)12-25-10-2-5-16(18(25)27)17(26)24-14-6-8-23-9-7-14/h1-11H,12H2,(H,23,24,26). The average molecular weight is 389 g/mol. The Kier molecular flexibility index (Phi) is 5.44. The molecule has 144 valence electrons. The number of nitrogens with zero attached hydrogens (tertiary/aromatic N) is 2. The normalized spacial score (nSPS) is 11.1. The third-order valence-electron chi connectivity index (χ3n) is 3.69. The van der Waals surface area contributed by atoms with Gasteiger partial charge in [0.15, 0.2) is 0 Å². The monoisotopic (exact) mass is 389 g/mol. The molecule has 2 aromatic heterocycles. The van der Waals surface area contributed by atoms with Gasteiger partial charge in [-0.3, -0.25) is 14.6 Å². The molecule has 6 nitrogen and oxygen atoms in total. The maximum absolute atomic E-state index is 12.6. The molecule has 0 aliphatic rings. The summed E-state index contributed by atoms with van der Waals surface area (Å²) in [4.78, 5) is 28.8. The number of nitrogens with one attached hydrogen (secondary N) is 1. The Hall–Kier alpha value is -3.62. The first kappa shape index (κ1) is 19.2. The van der Waals surface area contributed by atoms with Crippen LogP contribution < -0.4 is 15.6 Å². The molecule has 0 aliphatic heterocycles. The van der Waals surface area contributed by atoms with Crippen molar-refractivity contribution in [3.63, 3.8) is 0 Å². The third kappa shape index (κ3) is 4.97. The molecule has 3 rings (SSSR count). The van der Waals surface area contributed by atoms with Crippen LogP contribution in [0.1, 0.15) is 15.9 Å². The van der Waals surface area contributed by atoms with Crippen molar-refractivity contribution in [1.82, 2.24) is 9.55 Å². The number of ether oxygens (including phenoxy) is 1. The van der Waals surface area contributed by atoms with Gasteiger partial charge in [0.1, 0.15) is 11.3 Å². The second-order valence-electron chi connectivity index (χ2n) is 5.74. The van der Waals surface area contributed by atoms with Crippen molar-refractivity contribution in [3.8, 4) is 5.75 Å². The van der Waals surface area contributed by atoms with Crippen LogP contribution in [0, 0.1) is 0 Å². The van der Waals surface area contributed by atoms with Crippen LogP contribution in [0.4, 0.5) is 18.9 Å². The maximum Gasteiger partial charge on any atom is 0.573 e. The molecule has 0 bridgehead atoms. The first-order valence-corrected chi connectivity index (χ1v) is 8.07. The lowest BCUT2D eigenvalue weighted by atomic mass is 10.2. The second kappa shape index (κ2) is 7.95. The fourth-order valence-electron chi connectivity index (χ4n) is 2.51. The number of hydrogen-bond donors (Lipinski definition) is 1. The quantitative estimate of drug-likeness (QED) is 0.726. The van der Waals surface area contributed by atoms with E-state index in [0.717, 1.165) is 0 Å². The predicted molar refractivity (Wildman–Crippen MR) is 95.1 cm³/mol. The Morgan fingerprint density at radius 2 is 1.86 bits per heavy atom. The zero-order valence-electron chi connectivity index (χ0n) is 14.3. The number of pyridine rings is 2. The van der Waals surface area contributed by atoms with Crippen molar-refractivity contribution < 1.29 is 22.7 Å². The largest absolute Gasteiger partial charge is 0.573 e. The highest BCUT2D eigenvalue weighted by atomic mass is 19.4. The van der Waals surface area contributed by atoms with E-state index in [2.05, 4.69) is 15.0 Å². The number of carbonyl (C=O) groups excluding carboxylic acids is 1. The Bertz CT molecular complexity index is 1030. The molecular formula is C19H14F3N3O3. The van der Waals surface area contributed by atoms with Gasteiger partial charge in [0.05, 0.1) is 6.54 Å². The van der Waals surface area contributed by atoms with Crippen LogP contribution in [0.3, 0.4) is 0 Å². The number of anilines is 1. The van der Waals surface area contributed by atoms with Crippen LogP contribution in [0.15, 0.2) is 71.9 Å². The molecule has 0 aliphatic carbocycles. The smallest absolute Gasteiger partial charge is 0.406 e. The van der Waals surface area contributed by atoms with Gasteiger partial charge in [-0.2, -0.15) is 0 Å². The Morgan fingerprint density at radius 3 is 2.57 bits per heavy atom. The van der Waals surface area contributed by atoms with Crippen molar-refractivity contribution in [2.75, 3.05) is 5.32 Å². The summed E-state index contributed by atoms with van der Waals surface area (Å²) in [7, 11) is 0. The molecule has 0 saturated carbocycles. The van der Waals surface area contributed by atoms with Gasteiger partial charge in [0, 0.05) is 24.3 Å². The van der Waals surface area contributed by atoms with Crippen molar-refractivity contribution >= 4 is 11.6 Å². The molecule has 0 radical (unpaired) electrons. The molecule has 9 heteroatoms. The minimum Gasteiger partial charge on any atom is -0.406 e. The molecule has 1 amide bonds. The summed E-state index contributed by atoms with van der Waals surface area (Å²) in [6.45, 7) is -0.0235. The van der Waals surface area contributed by atoms with Gasteiger partial charge in [0.2, 0.25) is 0 Å². The number of benzene rings is 1. The van der Waals surface area contributed by atoms with Gasteiger partial charge in [-0.25, -0.2) is 0 Å². The molecule has 0 saturated heterocycles. The van der Waals surface area contributed by atoms with Crippen LogP contribution in [0.5, 0.6) is 5.75 Å². The molecule has 0 fully saturated rings. The molecule has 1 N–H and O–H groups in total. The third-order valence-corrected chi connectivity index (χ3v) is 3.69. The number of carbonyl (C=O) groups is 1. The van der Waals surface area contributed by atoms with E-state index in [1.807, 2.05) is 0 Å². The molecule has 0 spiro atoms. The van der Waals surface area contributed by atoms with Crippen LogP contribution >= 0.6 is 0 Å². The van der Waals surface area contributed by atoms with Gasteiger partial charge in [-0.15, -0.1) is 13.2 Å². The van der Waals surface area contributed by atoms with Gasteiger partial charge >= 0.3 is 6.36 Å². The maximum atomic E-state index is 12.6. The number of rotatable bonds is 5. The Balaban J connectivity index is 1.81. The van der Waals surface area contributed by atoms with Crippen LogP contribution in [0.2, 0.25) is 0 Å². The molecule has 2 heterocycles. The lowest BCUT2D eigenvalue weighted by Gasteiger charge is -2.11. The van der Waals surface area contributed by atoms with Crippen molar-refractivity contribution in [2.24, 2.45) is 0 Å². The average Bonchev–Trinajstić information content (AvgIpc) is 2.63. The zero-order chi connectivity index (χ0) is 20.1. The van der Waals surface area contributed by atoms with Crippen molar-refractivity contribution in [1.29, 1.82) is 0 Å². The summed E-state index contributed by atoms with van der Waals surface area (Å²) in [5, 5.41) is 2.59. The Morgan fingerprint density at radius 1 is 1.11 bits per heavy atom. The van der Waals surface area contributed by atoms with E-state index in [1.54, 1.807) is 18.2 Å². The number of aromatic nitrogens is 2. The summed E-state index contributed by atoms with van der Waals surface area (Å²) in [5.41, 5.74) is 0.223.